The van der Waals surface area contributed by atoms with Gasteiger partial charge in [-0.3, -0.25) is 19.2 Å². The third kappa shape index (κ3) is 3.19. The van der Waals surface area contributed by atoms with Crippen LogP contribution in [0.25, 0.3) is 0 Å². The average molecular weight is 367 g/mol. The van der Waals surface area contributed by atoms with Gasteiger partial charge < -0.3 is 14.8 Å². The van der Waals surface area contributed by atoms with E-state index in [4.69, 9.17) is 9.47 Å². The van der Waals surface area contributed by atoms with Crippen LogP contribution in [0.4, 0.5) is 5.69 Å². The van der Waals surface area contributed by atoms with Crippen LogP contribution in [0.1, 0.15) is 42.3 Å². The van der Waals surface area contributed by atoms with Crippen LogP contribution in [0.3, 0.4) is 0 Å². The third-order valence-corrected chi connectivity index (χ3v) is 4.19. The Hall–Kier alpha value is -3.48. The zero-order valence-electron chi connectivity index (χ0n) is 15.0. The van der Waals surface area contributed by atoms with Gasteiger partial charge in [-0.1, -0.05) is 24.3 Å². The van der Waals surface area contributed by atoms with Crippen LogP contribution < -0.4 is 10.1 Å². The van der Waals surface area contributed by atoms with Crippen molar-refractivity contribution >= 4 is 29.3 Å². The molecule has 2 aromatic carbocycles. The standard InChI is InChI=1S/C20H17NO6/c1-11(22)14-4-9-17-18(10-14)21-19(25)20(17,27-13(3)24)15-5-7-16(8-6-15)26-12(2)23/h4-10H,1-3H3,(H,21,25). The van der Waals surface area contributed by atoms with E-state index in [1.165, 1.54) is 32.9 Å². The Bertz CT molecular complexity index is 963. The quantitative estimate of drug-likeness (QED) is 0.507. The highest BCUT2D eigenvalue weighted by molar-refractivity contribution is 6.09. The number of amides is 1. The predicted molar refractivity (Wildman–Crippen MR) is 95.4 cm³/mol. The second kappa shape index (κ2) is 6.68. The molecular weight excluding hydrogens is 350 g/mol. The summed E-state index contributed by atoms with van der Waals surface area (Å²) in [6.07, 6.45) is 0. The summed E-state index contributed by atoms with van der Waals surface area (Å²) < 4.78 is 10.5. The number of hydrogen-bond acceptors (Lipinski definition) is 6. The van der Waals surface area contributed by atoms with Crippen molar-refractivity contribution in [3.8, 4) is 5.75 Å². The van der Waals surface area contributed by atoms with Crippen molar-refractivity contribution in [1.82, 2.24) is 0 Å². The maximum atomic E-state index is 12.9. The number of carbonyl (C=O) groups is 4. The fourth-order valence-electron chi connectivity index (χ4n) is 3.09. The number of hydrogen-bond donors (Lipinski definition) is 1. The minimum absolute atomic E-state index is 0.150. The third-order valence-electron chi connectivity index (χ3n) is 4.19. The molecule has 0 aliphatic carbocycles. The lowest BCUT2D eigenvalue weighted by atomic mass is 9.86. The van der Waals surface area contributed by atoms with Crippen LogP contribution in [-0.2, 0) is 24.7 Å². The number of rotatable bonds is 4. The molecule has 138 valence electrons. The van der Waals surface area contributed by atoms with Crippen LogP contribution in [0.15, 0.2) is 42.5 Å². The molecule has 1 amide bonds. The first kappa shape index (κ1) is 18.3. The van der Waals surface area contributed by atoms with Crippen molar-refractivity contribution in [1.29, 1.82) is 0 Å². The summed E-state index contributed by atoms with van der Waals surface area (Å²) in [7, 11) is 0. The number of benzene rings is 2. The molecule has 1 N–H and O–H groups in total. The maximum Gasteiger partial charge on any atom is 0.308 e. The first-order chi connectivity index (χ1) is 12.7. The maximum absolute atomic E-state index is 12.9. The normalized spacial score (nSPS) is 17.7. The van der Waals surface area contributed by atoms with E-state index in [9.17, 15) is 19.2 Å². The van der Waals surface area contributed by atoms with Gasteiger partial charge in [0.15, 0.2) is 5.78 Å². The Morgan fingerprint density at radius 3 is 2.15 bits per heavy atom. The Kier molecular flexibility index (Phi) is 4.53. The molecule has 3 rings (SSSR count). The summed E-state index contributed by atoms with van der Waals surface area (Å²) in [4.78, 5) is 47.4. The highest BCUT2D eigenvalue weighted by Crippen LogP contribution is 2.44. The van der Waals surface area contributed by atoms with Gasteiger partial charge in [-0.25, -0.2) is 0 Å². The van der Waals surface area contributed by atoms with Gasteiger partial charge in [-0.05, 0) is 25.1 Å². The lowest BCUT2D eigenvalue weighted by Gasteiger charge is -2.27. The fourth-order valence-corrected chi connectivity index (χ4v) is 3.09. The molecule has 7 nitrogen and oxygen atoms in total. The number of Topliss-reactive ketones (excluding diaryl/α,β-unsaturated/α-hetero) is 1. The number of carbonyl (C=O) groups excluding carboxylic acids is 4. The molecule has 0 fully saturated rings. The highest BCUT2D eigenvalue weighted by Gasteiger charge is 2.51. The van der Waals surface area contributed by atoms with Gasteiger partial charge in [-0.15, -0.1) is 0 Å². The van der Waals surface area contributed by atoms with Gasteiger partial charge in [0.2, 0.25) is 5.60 Å². The van der Waals surface area contributed by atoms with E-state index >= 15 is 0 Å². The van der Waals surface area contributed by atoms with Crippen LogP contribution in [-0.4, -0.2) is 23.6 Å². The largest absolute Gasteiger partial charge is 0.439 e. The fraction of sp³-hybridized carbons (Fsp3) is 0.200. The summed E-state index contributed by atoms with van der Waals surface area (Å²) in [5.74, 6) is -1.51. The first-order valence-corrected chi connectivity index (χ1v) is 8.19. The summed E-state index contributed by atoms with van der Waals surface area (Å²) in [6, 6.07) is 10.8. The number of anilines is 1. The first-order valence-electron chi connectivity index (χ1n) is 8.19. The Balaban J connectivity index is 2.14. The number of fused-ring (bicyclic) bond motifs is 1. The van der Waals surface area contributed by atoms with E-state index in [-0.39, 0.29) is 5.78 Å². The molecule has 1 heterocycles. The van der Waals surface area contributed by atoms with E-state index in [0.717, 1.165) is 0 Å². The van der Waals surface area contributed by atoms with Crippen molar-refractivity contribution in [2.24, 2.45) is 0 Å². The molecule has 27 heavy (non-hydrogen) atoms. The molecule has 0 saturated carbocycles. The molecule has 1 aliphatic rings. The molecule has 0 saturated heterocycles. The number of nitrogens with one attached hydrogen (secondary N) is 1. The van der Waals surface area contributed by atoms with E-state index in [2.05, 4.69) is 5.32 Å². The lowest BCUT2D eigenvalue weighted by Crippen LogP contribution is -2.40. The van der Waals surface area contributed by atoms with Crippen molar-refractivity contribution in [2.75, 3.05) is 5.32 Å². The van der Waals surface area contributed by atoms with E-state index in [1.807, 2.05) is 0 Å². The van der Waals surface area contributed by atoms with E-state index < -0.39 is 23.4 Å². The van der Waals surface area contributed by atoms with Crippen LogP contribution in [0.5, 0.6) is 5.75 Å². The smallest absolute Gasteiger partial charge is 0.308 e. The highest BCUT2D eigenvalue weighted by atomic mass is 16.6. The molecule has 0 spiro atoms. The van der Waals surface area contributed by atoms with Crippen molar-refractivity contribution in [3.05, 3.63) is 59.2 Å². The lowest BCUT2D eigenvalue weighted by molar-refractivity contribution is -0.160. The minimum atomic E-state index is -1.69. The van der Waals surface area contributed by atoms with Crippen LogP contribution >= 0.6 is 0 Å². The summed E-state index contributed by atoms with van der Waals surface area (Å²) >= 11 is 0. The van der Waals surface area contributed by atoms with Gasteiger partial charge in [0, 0.05) is 36.2 Å². The van der Waals surface area contributed by atoms with Gasteiger partial charge >= 0.3 is 11.9 Å². The van der Waals surface area contributed by atoms with Gasteiger partial charge in [0.25, 0.3) is 5.91 Å². The molecule has 1 unspecified atom stereocenters. The summed E-state index contributed by atoms with van der Waals surface area (Å²) in [5, 5.41) is 2.68. The molecule has 0 radical (unpaired) electrons. The predicted octanol–water partition coefficient (Wildman–Crippen LogP) is 2.57. The van der Waals surface area contributed by atoms with Gasteiger partial charge in [0.05, 0.1) is 0 Å². The summed E-state index contributed by atoms with van der Waals surface area (Å²) in [6.45, 7) is 3.91. The molecule has 7 heteroatoms. The van der Waals surface area contributed by atoms with Crippen molar-refractivity contribution < 1.29 is 28.7 Å². The Morgan fingerprint density at radius 1 is 0.926 bits per heavy atom. The Morgan fingerprint density at radius 2 is 1.59 bits per heavy atom. The zero-order valence-corrected chi connectivity index (χ0v) is 15.0. The molecule has 1 aliphatic heterocycles. The van der Waals surface area contributed by atoms with E-state index in [1.54, 1.807) is 30.3 Å². The number of ether oxygens (including phenoxy) is 2. The SMILES string of the molecule is CC(=O)Oc1ccc(C2(OC(C)=O)C(=O)Nc3cc(C(C)=O)ccc32)cc1. The van der Waals surface area contributed by atoms with Crippen LogP contribution in [0, 0.1) is 0 Å². The summed E-state index contributed by atoms with van der Waals surface area (Å²) in [5.41, 5.74) is -0.0464. The minimum Gasteiger partial charge on any atom is -0.439 e. The van der Waals surface area contributed by atoms with Crippen LogP contribution in [0.2, 0.25) is 0 Å². The number of esters is 2. The molecular formula is C20H17NO6. The molecule has 1 atom stereocenters. The van der Waals surface area contributed by atoms with Gasteiger partial charge in [-0.2, -0.15) is 0 Å². The van der Waals surface area contributed by atoms with Crippen molar-refractivity contribution in [2.45, 2.75) is 26.4 Å². The number of ketones is 1. The van der Waals surface area contributed by atoms with Gasteiger partial charge in [0.1, 0.15) is 5.75 Å². The average Bonchev–Trinajstić information content (AvgIpc) is 2.86. The Labute approximate surface area is 155 Å². The topological polar surface area (TPSA) is 98.8 Å². The molecule has 0 bridgehead atoms. The van der Waals surface area contributed by atoms with E-state index in [0.29, 0.717) is 28.1 Å². The second-order valence-corrected chi connectivity index (χ2v) is 6.16. The molecule has 0 aromatic heterocycles. The second-order valence-electron chi connectivity index (χ2n) is 6.16. The zero-order chi connectivity index (χ0) is 19.8. The monoisotopic (exact) mass is 367 g/mol. The molecule has 2 aromatic rings. The van der Waals surface area contributed by atoms with Crippen molar-refractivity contribution in [3.63, 3.8) is 0 Å².